The van der Waals surface area contributed by atoms with Crippen molar-refractivity contribution in [2.45, 2.75) is 19.0 Å². The van der Waals surface area contributed by atoms with Gasteiger partial charge in [-0.25, -0.2) is 9.97 Å². The minimum absolute atomic E-state index is 0.111. The molecule has 4 aromatic rings. The molecule has 0 saturated carbocycles. The lowest BCUT2D eigenvalue weighted by Crippen LogP contribution is -2.13. The molecule has 2 aromatic carbocycles. The molecule has 0 aliphatic carbocycles. The van der Waals surface area contributed by atoms with Gasteiger partial charge in [0.25, 0.3) is 5.91 Å². The highest BCUT2D eigenvalue weighted by Gasteiger charge is 2.30. The summed E-state index contributed by atoms with van der Waals surface area (Å²) in [7, 11) is 0. The lowest BCUT2D eigenvalue weighted by Gasteiger charge is -2.10. The predicted molar refractivity (Wildman–Crippen MR) is 113 cm³/mol. The molecular formula is C23H17F3N4O3. The van der Waals surface area contributed by atoms with E-state index >= 15 is 0 Å². The molecule has 33 heavy (non-hydrogen) atoms. The first-order valence-electron chi connectivity index (χ1n) is 9.80. The van der Waals surface area contributed by atoms with Gasteiger partial charge in [-0.2, -0.15) is 13.2 Å². The topological polar surface area (TPSA) is 96.6 Å². The SMILES string of the molecule is O=C(O)Cc1cnc(Cc2ccc(NC(=O)c3ccc(C(F)(F)F)cc3)cc2)n2ccnc12. The Morgan fingerprint density at radius 2 is 1.70 bits per heavy atom. The van der Waals surface area contributed by atoms with Gasteiger partial charge in [0.05, 0.1) is 12.0 Å². The van der Waals surface area contributed by atoms with Crippen molar-refractivity contribution in [1.82, 2.24) is 14.4 Å². The van der Waals surface area contributed by atoms with Crippen LogP contribution in [0.15, 0.2) is 67.1 Å². The van der Waals surface area contributed by atoms with Gasteiger partial charge in [-0.15, -0.1) is 0 Å². The minimum Gasteiger partial charge on any atom is -0.481 e. The van der Waals surface area contributed by atoms with E-state index in [2.05, 4.69) is 15.3 Å². The number of aliphatic carboxylic acids is 1. The molecule has 7 nitrogen and oxygen atoms in total. The number of hydrogen-bond donors (Lipinski definition) is 2. The molecule has 0 aliphatic heterocycles. The Morgan fingerprint density at radius 3 is 2.33 bits per heavy atom. The number of carboxylic acids is 1. The third-order valence-corrected chi connectivity index (χ3v) is 4.97. The van der Waals surface area contributed by atoms with Gasteiger partial charge in [-0.05, 0) is 42.0 Å². The van der Waals surface area contributed by atoms with Crippen molar-refractivity contribution < 1.29 is 27.9 Å². The Labute approximate surface area is 185 Å². The van der Waals surface area contributed by atoms with Crippen LogP contribution in [0.4, 0.5) is 18.9 Å². The molecular weight excluding hydrogens is 437 g/mol. The molecule has 0 atom stereocenters. The van der Waals surface area contributed by atoms with Crippen LogP contribution >= 0.6 is 0 Å². The number of nitrogens with zero attached hydrogens (tertiary/aromatic N) is 3. The first-order chi connectivity index (χ1) is 15.7. The van der Waals surface area contributed by atoms with Crippen molar-refractivity contribution in [2.24, 2.45) is 0 Å². The highest BCUT2D eigenvalue weighted by molar-refractivity contribution is 6.04. The number of amides is 1. The van der Waals surface area contributed by atoms with E-state index in [4.69, 9.17) is 5.11 Å². The van der Waals surface area contributed by atoms with Gasteiger partial charge in [0.1, 0.15) is 11.5 Å². The van der Waals surface area contributed by atoms with Crippen molar-refractivity contribution in [3.05, 3.63) is 95.2 Å². The average Bonchev–Trinajstić information content (AvgIpc) is 3.27. The maximum Gasteiger partial charge on any atom is 0.416 e. The van der Waals surface area contributed by atoms with E-state index in [9.17, 15) is 22.8 Å². The number of nitrogens with one attached hydrogen (secondary N) is 1. The lowest BCUT2D eigenvalue weighted by atomic mass is 10.1. The third-order valence-electron chi connectivity index (χ3n) is 4.97. The van der Waals surface area contributed by atoms with Gasteiger partial charge >= 0.3 is 12.1 Å². The number of aromatic nitrogens is 3. The third kappa shape index (κ3) is 5.00. The zero-order valence-electron chi connectivity index (χ0n) is 17.0. The van der Waals surface area contributed by atoms with Gasteiger partial charge in [-0.3, -0.25) is 14.0 Å². The van der Waals surface area contributed by atoms with Gasteiger partial charge in [0, 0.05) is 41.8 Å². The number of carbonyl (C=O) groups is 2. The molecule has 0 saturated heterocycles. The molecule has 1 amide bonds. The van der Waals surface area contributed by atoms with E-state index in [1.54, 1.807) is 41.1 Å². The second-order valence-corrected chi connectivity index (χ2v) is 7.29. The molecule has 0 aliphatic rings. The van der Waals surface area contributed by atoms with Crippen molar-refractivity contribution in [2.75, 3.05) is 5.32 Å². The fourth-order valence-corrected chi connectivity index (χ4v) is 3.34. The molecule has 0 unspecified atom stereocenters. The predicted octanol–water partition coefficient (Wildman–Crippen LogP) is 4.22. The fraction of sp³-hybridized carbons (Fsp3) is 0.130. The Balaban J connectivity index is 1.45. The number of rotatable bonds is 6. The maximum atomic E-state index is 12.7. The minimum atomic E-state index is -4.46. The van der Waals surface area contributed by atoms with Crippen LogP contribution in [0.5, 0.6) is 0 Å². The van der Waals surface area contributed by atoms with E-state index in [1.807, 2.05) is 0 Å². The highest BCUT2D eigenvalue weighted by atomic mass is 19.4. The molecule has 0 fully saturated rings. The zero-order valence-corrected chi connectivity index (χ0v) is 17.0. The van der Waals surface area contributed by atoms with Crippen LogP contribution < -0.4 is 5.32 Å². The Hall–Kier alpha value is -4.21. The summed E-state index contributed by atoms with van der Waals surface area (Å²) in [6.07, 6.45) is 0.588. The molecule has 2 aromatic heterocycles. The number of carbonyl (C=O) groups excluding carboxylic acids is 1. The number of halogens is 3. The number of hydrogen-bond acceptors (Lipinski definition) is 4. The van der Waals surface area contributed by atoms with Crippen molar-refractivity contribution >= 4 is 23.2 Å². The summed E-state index contributed by atoms with van der Waals surface area (Å²) in [5, 5.41) is 11.7. The summed E-state index contributed by atoms with van der Waals surface area (Å²) in [5.41, 5.74) is 1.71. The van der Waals surface area contributed by atoms with Crippen LogP contribution in [0.1, 0.15) is 32.9 Å². The molecule has 0 radical (unpaired) electrons. The zero-order chi connectivity index (χ0) is 23.6. The smallest absolute Gasteiger partial charge is 0.416 e. The number of imidazole rings is 1. The van der Waals surface area contributed by atoms with Crippen LogP contribution in [0.25, 0.3) is 5.65 Å². The summed E-state index contributed by atoms with van der Waals surface area (Å²) in [6, 6.07) is 10.9. The van der Waals surface area contributed by atoms with Gasteiger partial charge < -0.3 is 10.4 Å². The first kappa shape index (κ1) is 22.0. The maximum absolute atomic E-state index is 12.7. The highest BCUT2D eigenvalue weighted by Crippen LogP contribution is 2.29. The molecule has 4 rings (SSSR count). The van der Waals surface area contributed by atoms with Gasteiger partial charge in [0.15, 0.2) is 0 Å². The second-order valence-electron chi connectivity index (χ2n) is 7.29. The number of fused-ring (bicyclic) bond motifs is 1. The number of alkyl halides is 3. The number of carboxylic acid groups (broad SMARTS) is 1. The Morgan fingerprint density at radius 1 is 1.00 bits per heavy atom. The van der Waals surface area contributed by atoms with E-state index in [1.165, 1.54) is 6.20 Å². The molecule has 168 valence electrons. The van der Waals surface area contributed by atoms with Crippen LogP contribution in [0.2, 0.25) is 0 Å². The van der Waals surface area contributed by atoms with Crippen molar-refractivity contribution in [3.63, 3.8) is 0 Å². The molecule has 0 spiro atoms. The summed E-state index contributed by atoms with van der Waals surface area (Å²) in [6.45, 7) is 0. The molecule has 2 N–H and O–H groups in total. The molecule has 10 heteroatoms. The van der Waals surface area contributed by atoms with E-state index in [-0.39, 0.29) is 12.0 Å². The first-order valence-corrected chi connectivity index (χ1v) is 9.80. The van der Waals surface area contributed by atoms with Gasteiger partial charge in [-0.1, -0.05) is 12.1 Å². The summed E-state index contributed by atoms with van der Waals surface area (Å²) in [5.74, 6) is -0.825. The summed E-state index contributed by atoms with van der Waals surface area (Å²) < 4.78 is 39.7. The van der Waals surface area contributed by atoms with Gasteiger partial charge in [0.2, 0.25) is 0 Å². The van der Waals surface area contributed by atoms with Crippen LogP contribution in [-0.2, 0) is 23.8 Å². The standard InChI is InChI=1S/C23H17F3N4O3/c24-23(25,26)17-5-3-15(4-6-17)22(33)29-18-7-1-14(2-8-18)11-19-28-13-16(12-20(31)32)21-27-9-10-30(19)21/h1-10,13H,11-12H2,(H,29,33)(H,31,32). The van der Waals surface area contributed by atoms with E-state index in [0.717, 1.165) is 29.8 Å². The van der Waals surface area contributed by atoms with Crippen LogP contribution in [-0.4, -0.2) is 31.4 Å². The summed E-state index contributed by atoms with van der Waals surface area (Å²) in [4.78, 5) is 31.9. The largest absolute Gasteiger partial charge is 0.481 e. The monoisotopic (exact) mass is 454 g/mol. The van der Waals surface area contributed by atoms with E-state index < -0.39 is 23.6 Å². The molecule has 2 heterocycles. The number of anilines is 1. The average molecular weight is 454 g/mol. The van der Waals surface area contributed by atoms with Crippen molar-refractivity contribution in [1.29, 1.82) is 0 Å². The fourth-order valence-electron chi connectivity index (χ4n) is 3.34. The summed E-state index contributed by atoms with van der Waals surface area (Å²) >= 11 is 0. The Kier molecular flexibility index (Phi) is 5.82. The second kappa shape index (κ2) is 8.73. The lowest BCUT2D eigenvalue weighted by molar-refractivity contribution is -0.138. The quantitative estimate of drug-likeness (QED) is 0.455. The normalized spacial score (nSPS) is 11.5. The number of benzene rings is 2. The Bertz CT molecular complexity index is 1310. The van der Waals surface area contributed by atoms with Crippen molar-refractivity contribution in [3.8, 4) is 0 Å². The van der Waals surface area contributed by atoms with Crippen LogP contribution in [0, 0.1) is 0 Å². The molecule has 0 bridgehead atoms. The van der Waals surface area contributed by atoms with E-state index in [0.29, 0.717) is 29.1 Å². The van der Waals surface area contributed by atoms with Crippen LogP contribution in [0.3, 0.4) is 0 Å².